The highest BCUT2D eigenvalue weighted by Gasteiger charge is 2.08. The summed E-state index contributed by atoms with van der Waals surface area (Å²) in [5.74, 6) is 0.323. The van der Waals surface area contributed by atoms with E-state index in [-0.39, 0.29) is 0 Å². The van der Waals surface area contributed by atoms with Crippen LogP contribution in [0.15, 0.2) is 24.3 Å². The van der Waals surface area contributed by atoms with Gasteiger partial charge in [-0.3, -0.25) is 0 Å². The number of aromatic hydroxyl groups is 1. The summed E-state index contributed by atoms with van der Waals surface area (Å²) in [5.41, 5.74) is 7.47. The van der Waals surface area contributed by atoms with Crippen molar-refractivity contribution in [2.75, 3.05) is 5.73 Å². The summed E-state index contributed by atoms with van der Waals surface area (Å²) in [5, 5.41) is 10.2. The van der Waals surface area contributed by atoms with E-state index in [1.54, 1.807) is 6.07 Å². The zero-order valence-corrected chi connectivity index (χ0v) is 9.21. The van der Waals surface area contributed by atoms with Gasteiger partial charge in [-0.05, 0) is 18.6 Å². The maximum atomic E-state index is 9.62. The average Bonchev–Trinajstić information content (AvgIpc) is 2.49. The van der Waals surface area contributed by atoms with Gasteiger partial charge in [0.15, 0.2) is 5.13 Å². The summed E-state index contributed by atoms with van der Waals surface area (Å²) in [6, 6.07) is 7.32. The van der Waals surface area contributed by atoms with Crippen molar-refractivity contribution in [1.82, 2.24) is 4.98 Å². The van der Waals surface area contributed by atoms with Crippen LogP contribution in [0, 0.1) is 6.92 Å². The van der Waals surface area contributed by atoms with Gasteiger partial charge >= 0.3 is 0 Å². The van der Waals surface area contributed by atoms with Crippen molar-refractivity contribution in [3.05, 3.63) is 40.4 Å². The molecule has 78 valence electrons. The Morgan fingerprint density at radius 2 is 2.13 bits per heavy atom. The first-order valence-electron chi connectivity index (χ1n) is 4.65. The number of para-hydroxylation sites is 1. The summed E-state index contributed by atoms with van der Waals surface area (Å²) < 4.78 is 0. The molecule has 3 N–H and O–H groups in total. The van der Waals surface area contributed by atoms with E-state index in [2.05, 4.69) is 4.98 Å². The molecule has 1 aromatic carbocycles. The molecule has 0 saturated heterocycles. The van der Waals surface area contributed by atoms with Crippen LogP contribution in [0.3, 0.4) is 0 Å². The SMILES string of the molecule is Cc1nc(N)sc1Cc1ccccc1O. The van der Waals surface area contributed by atoms with Gasteiger partial charge in [0.25, 0.3) is 0 Å². The number of phenolic OH excluding ortho intramolecular Hbond substituents is 1. The summed E-state index contributed by atoms with van der Waals surface area (Å²) >= 11 is 1.47. The van der Waals surface area contributed by atoms with E-state index >= 15 is 0 Å². The van der Waals surface area contributed by atoms with Gasteiger partial charge in [-0.1, -0.05) is 18.2 Å². The Morgan fingerprint density at radius 1 is 1.40 bits per heavy atom. The Morgan fingerprint density at radius 3 is 2.73 bits per heavy atom. The quantitative estimate of drug-likeness (QED) is 0.816. The number of phenols is 1. The third-order valence-electron chi connectivity index (χ3n) is 2.25. The number of aromatic nitrogens is 1. The normalized spacial score (nSPS) is 10.5. The number of anilines is 1. The molecule has 0 aliphatic heterocycles. The second-order valence-corrected chi connectivity index (χ2v) is 4.48. The molecule has 2 aromatic rings. The van der Waals surface area contributed by atoms with E-state index in [1.165, 1.54) is 11.3 Å². The monoisotopic (exact) mass is 220 g/mol. The van der Waals surface area contributed by atoms with Crippen molar-refractivity contribution in [3.63, 3.8) is 0 Å². The molecule has 0 fully saturated rings. The average molecular weight is 220 g/mol. The van der Waals surface area contributed by atoms with Crippen molar-refractivity contribution >= 4 is 16.5 Å². The van der Waals surface area contributed by atoms with Gasteiger partial charge in [-0.15, -0.1) is 11.3 Å². The third-order valence-corrected chi connectivity index (χ3v) is 3.24. The van der Waals surface area contributed by atoms with Crippen LogP contribution in [0.25, 0.3) is 0 Å². The topological polar surface area (TPSA) is 59.1 Å². The Kier molecular flexibility index (Phi) is 2.60. The molecule has 4 heteroatoms. The lowest BCUT2D eigenvalue weighted by Crippen LogP contribution is -1.88. The second kappa shape index (κ2) is 3.90. The van der Waals surface area contributed by atoms with E-state index in [4.69, 9.17) is 5.73 Å². The molecule has 1 heterocycles. The zero-order chi connectivity index (χ0) is 10.8. The predicted molar refractivity (Wildman–Crippen MR) is 62.2 cm³/mol. The number of hydrogen-bond acceptors (Lipinski definition) is 4. The summed E-state index contributed by atoms with van der Waals surface area (Å²) in [6.45, 7) is 1.93. The first-order chi connectivity index (χ1) is 7.16. The van der Waals surface area contributed by atoms with Gasteiger partial charge in [0.2, 0.25) is 0 Å². The molecule has 0 saturated carbocycles. The molecule has 1 aromatic heterocycles. The minimum absolute atomic E-state index is 0.323. The van der Waals surface area contributed by atoms with Crippen LogP contribution >= 0.6 is 11.3 Å². The highest BCUT2D eigenvalue weighted by Crippen LogP contribution is 2.26. The van der Waals surface area contributed by atoms with Gasteiger partial charge in [-0.25, -0.2) is 4.98 Å². The first kappa shape index (κ1) is 9.98. The van der Waals surface area contributed by atoms with Gasteiger partial charge in [0.05, 0.1) is 5.69 Å². The molecule has 0 aliphatic carbocycles. The van der Waals surface area contributed by atoms with Gasteiger partial charge in [0.1, 0.15) is 5.75 Å². The molecule has 0 aliphatic rings. The number of thiazole rings is 1. The van der Waals surface area contributed by atoms with Crippen LogP contribution in [0.2, 0.25) is 0 Å². The molecule has 0 unspecified atom stereocenters. The lowest BCUT2D eigenvalue weighted by Gasteiger charge is -2.02. The van der Waals surface area contributed by atoms with Gasteiger partial charge < -0.3 is 10.8 Å². The predicted octanol–water partition coefficient (Wildman–Crippen LogP) is 2.33. The smallest absolute Gasteiger partial charge is 0.180 e. The number of nitrogen functional groups attached to an aromatic ring is 1. The summed E-state index contributed by atoms with van der Waals surface area (Å²) in [7, 11) is 0. The van der Waals surface area contributed by atoms with Gasteiger partial charge in [-0.2, -0.15) is 0 Å². The van der Waals surface area contributed by atoms with Crippen molar-refractivity contribution in [1.29, 1.82) is 0 Å². The molecule has 0 atom stereocenters. The van der Waals surface area contributed by atoms with Crippen molar-refractivity contribution in [2.45, 2.75) is 13.3 Å². The van der Waals surface area contributed by atoms with Crippen molar-refractivity contribution in [3.8, 4) is 5.75 Å². The Labute approximate surface area is 92.2 Å². The largest absolute Gasteiger partial charge is 0.508 e. The van der Waals surface area contributed by atoms with Crippen LogP contribution < -0.4 is 5.73 Å². The highest BCUT2D eigenvalue weighted by molar-refractivity contribution is 7.15. The molecule has 0 bridgehead atoms. The fourth-order valence-corrected chi connectivity index (χ4v) is 2.30. The molecule has 2 rings (SSSR count). The molecular weight excluding hydrogens is 208 g/mol. The molecule has 3 nitrogen and oxygen atoms in total. The molecule has 0 radical (unpaired) electrons. The number of hydrogen-bond donors (Lipinski definition) is 2. The minimum Gasteiger partial charge on any atom is -0.508 e. The number of nitrogens with two attached hydrogens (primary N) is 1. The fraction of sp³-hybridized carbons (Fsp3) is 0.182. The zero-order valence-electron chi connectivity index (χ0n) is 8.40. The third kappa shape index (κ3) is 2.10. The van der Waals surface area contributed by atoms with Crippen LogP contribution in [-0.2, 0) is 6.42 Å². The molecular formula is C11H12N2OS. The van der Waals surface area contributed by atoms with Crippen LogP contribution in [0.1, 0.15) is 16.1 Å². The van der Waals surface area contributed by atoms with E-state index in [1.807, 2.05) is 25.1 Å². The minimum atomic E-state index is 0.323. The van der Waals surface area contributed by atoms with E-state index in [9.17, 15) is 5.11 Å². The van der Waals surface area contributed by atoms with Crippen molar-refractivity contribution < 1.29 is 5.11 Å². The van der Waals surface area contributed by atoms with E-state index in [0.717, 1.165) is 16.1 Å². The van der Waals surface area contributed by atoms with Gasteiger partial charge in [0, 0.05) is 11.3 Å². The molecule has 15 heavy (non-hydrogen) atoms. The number of nitrogens with zero attached hydrogens (tertiary/aromatic N) is 1. The van der Waals surface area contributed by atoms with E-state index < -0.39 is 0 Å². The summed E-state index contributed by atoms with van der Waals surface area (Å²) in [4.78, 5) is 5.26. The number of aryl methyl sites for hydroxylation is 1. The lowest BCUT2D eigenvalue weighted by molar-refractivity contribution is 0.469. The van der Waals surface area contributed by atoms with Crippen LogP contribution in [-0.4, -0.2) is 10.1 Å². The second-order valence-electron chi connectivity index (χ2n) is 3.37. The highest BCUT2D eigenvalue weighted by atomic mass is 32.1. The van der Waals surface area contributed by atoms with Crippen LogP contribution in [0.4, 0.5) is 5.13 Å². The van der Waals surface area contributed by atoms with Crippen LogP contribution in [0.5, 0.6) is 5.75 Å². The Bertz CT molecular complexity index is 479. The standard InChI is InChI=1S/C11H12N2OS/c1-7-10(15-11(12)13-7)6-8-4-2-3-5-9(8)14/h2-5,14H,6H2,1H3,(H2,12,13). The van der Waals surface area contributed by atoms with Crippen molar-refractivity contribution in [2.24, 2.45) is 0 Å². The van der Waals surface area contributed by atoms with E-state index in [0.29, 0.717) is 17.3 Å². The maximum absolute atomic E-state index is 9.62. The number of rotatable bonds is 2. The lowest BCUT2D eigenvalue weighted by atomic mass is 10.1. The Hall–Kier alpha value is -1.55. The maximum Gasteiger partial charge on any atom is 0.180 e. The first-order valence-corrected chi connectivity index (χ1v) is 5.47. The number of benzene rings is 1. The fourth-order valence-electron chi connectivity index (χ4n) is 1.45. The summed E-state index contributed by atoms with van der Waals surface area (Å²) in [6.07, 6.45) is 0.688. The Balaban J connectivity index is 2.29. The molecule has 0 amide bonds. The molecule has 0 spiro atoms.